The molecule has 0 aromatic rings. The number of fused-ring (bicyclic) bond motifs is 4. The number of ketones is 3. The SMILES string of the molecule is C=C1/C(=C\C=C2/CCC[C@]3(C)[C@@H]([C@H](C)CCCC(C)(C)O)CC[C@@H]23)C[C@@H](O)C[C@@H]1O.CO[C@H]1C[C@@H]2CC[C@@H](C)[C@@](O)(O2)C(=O)C(=O)N2CCCC[C@H]2C(=O)O[C@H]([C@H](C)C[C@@H]2CC[C@@H](O)[C@H](OC)C2)CC(=O)[C@H](C)/C=C(\C)[C@@H](O)[C@@H](OC)C(=O)[C@H](C)C[C@H](C)/C=C/C=C/C=C/1C. The number of rotatable bonds is 12. The quantitative estimate of drug-likeness (QED) is 0.0603. The molecule has 536 valence electrons. The highest BCUT2D eigenvalue weighted by Crippen LogP contribution is 2.60. The summed E-state index contributed by atoms with van der Waals surface area (Å²) < 4.78 is 29.4. The predicted octanol–water partition coefficient (Wildman–Crippen LogP) is 11.9. The van der Waals surface area contributed by atoms with E-state index in [1.807, 2.05) is 71.9 Å². The van der Waals surface area contributed by atoms with Crippen molar-refractivity contribution in [3.05, 3.63) is 83.1 Å². The Kier molecular flexibility index (Phi) is 30.4. The average molecular weight is 1330 g/mol. The molecule has 4 saturated carbocycles. The number of hydrogen-bond donors (Lipinski definition) is 6. The zero-order chi connectivity index (χ0) is 70.3. The van der Waals surface area contributed by atoms with E-state index in [0.717, 1.165) is 41.9 Å². The van der Waals surface area contributed by atoms with E-state index in [9.17, 15) is 54.6 Å². The van der Waals surface area contributed by atoms with Gasteiger partial charge in [-0.25, -0.2) is 4.79 Å². The van der Waals surface area contributed by atoms with Gasteiger partial charge < -0.3 is 59.2 Å². The van der Waals surface area contributed by atoms with Crippen molar-refractivity contribution in [3.8, 4) is 0 Å². The smallest absolute Gasteiger partial charge is 0.329 e. The van der Waals surface area contributed by atoms with Gasteiger partial charge in [-0.15, -0.1) is 0 Å². The van der Waals surface area contributed by atoms with Crippen molar-refractivity contribution in [2.45, 2.75) is 290 Å². The molecular formula is C78H123NO16. The van der Waals surface area contributed by atoms with Crippen LogP contribution in [0.5, 0.6) is 0 Å². The Labute approximate surface area is 569 Å². The second-order valence-corrected chi connectivity index (χ2v) is 30.9. The van der Waals surface area contributed by atoms with Gasteiger partial charge in [0, 0.05) is 64.9 Å². The molecule has 7 rings (SSSR count). The van der Waals surface area contributed by atoms with Gasteiger partial charge in [-0.3, -0.25) is 19.2 Å². The number of cyclic esters (lactones) is 1. The summed E-state index contributed by atoms with van der Waals surface area (Å²) in [6.07, 6.45) is 25.0. The Hall–Kier alpha value is -4.27. The lowest BCUT2D eigenvalue weighted by Crippen LogP contribution is -2.61. The monoisotopic (exact) mass is 1330 g/mol. The van der Waals surface area contributed by atoms with Crippen molar-refractivity contribution in [1.29, 1.82) is 0 Å². The van der Waals surface area contributed by atoms with Crippen LogP contribution in [0.1, 0.15) is 217 Å². The third-order valence-electron chi connectivity index (χ3n) is 22.9. The summed E-state index contributed by atoms with van der Waals surface area (Å²) >= 11 is 0. The molecule has 6 fully saturated rings. The van der Waals surface area contributed by atoms with Gasteiger partial charge in [0.1, 0.15) is 30.1 Å². The van der Waals surface area contributed by atoms with Crippen LogP contribution >= 0.6 is 0 Å². The maximum Gasteiger partial charge on any atom is 0.329 e. The first-order valence-corrected chi connectivity index (χ1v) is 36.1. The number of aliphatic hydroxyl groups excluding tert-OH is 4. The lowest BCUT2D eigenvalue weighted by Gasteiger charge is -2.44. The summed E-state index contributed by atoms with van der Waals surface area (Å²) in [7, 11) is 4.52. The van der Waals surface area contributed by atoms with E-state index in [4.69, 9.17) is 23.7 Å². The largest absolute Gasteiger partial charge is 0.460 e. The lowest BCUT2D eigenvalue weighted by atomic mass is 9.60. The summed E-state index contributed by atoms with van der Waals surface area (Å²) in [5, 5.41) is 64.0. The first-order chi connectivity index (χ1) is 44.8. The lowest BCUT2D eigenvalue weighted by molar-refractivity contribution is -0.265. The number of methoxy groups -OCH3 is 3. The van der Waals surface area contributed by atoms with Gasteiger partial charge in [0.15, 0.2) is 5.78 Å². The fourth-order valence-corrected chi connectivity index (χ4v) is 16.9. The van der Waals surface area contributed by atoms with Crippen molar-refractivity contribution in [2.24, 2.45) is 58.7 Å². The van der Waals surface area contributed by atoms with Gasteiger partial charge in [-0.1, -0.05) is 122 Å². The summed E-state index contributed by atoms with van der Waals surface area (Å²) in [4.78, 5) is 71.8. The number of piperidine rings is 1. The molecule has 7 aliphatic rings. The van der Waals surface area contributed by atoms with E-state index in [1.165, 1.54) is 50.5 Å². The van der Waals surface area contributed by atoms with Crippen LogP contribution in [0.3, 0.4) is 0 Å². The molecule has 4 aliphatic carbocycles. The minimum Gasteiger partial charge on any atom is -0.460 e. The number of nitrogens with zero attached hydrogens (tertiary/aromatic N) is 1. The second kappa shape index (κ2) is 36.2. The molecule has 0 spiro atoms. The van der Waals surface area contributed by atoms with E-state index < -0.39 is 102 Å². The van der Waals surface area contributed by atoms with Crippen LogP contribution in [0.2, 0.25) is 0 Å². The van der Waals surface area contributed by atoms with E-state index in [-0.39, 0.29) is 54.8 Å². The first kappa shape index (κ1) is 79.7. The standard InChI is InChI=1S/C51H79NO13.C27H44O3/c1-30-16-12-11-13-17-31(2)42(61-8)28-38-21-19-36(7)51(60,65-38)48(57)49(58)52-23-15-14-18-39(52)50(59)64-43(33(4)26-37-20-22-40(53)44(27-37)62-9)29-41(54)32(3)25-35(6)46(56)47(63-10)45(55)34(5)24-30;1-18(8-6-14-26(3,4)30)23-12-13-24-20(9-7-15-27(23,24)5)10-11-21-16-22(28)17-25(29)19(21)2/h11-13,16-17,25,30,32-34,36-40,42-44,46-47,53,56,60H,14-15,18-24,26-29H2,1-10H3;10-11,18,22-25,28-30H,2,6-9,12-17H2,1,3-5H3/b13-11+,16-12+,31-17+,35-25+;20-10+,21-11-/t30-,32-,33-,34-,36-,37+,38+,39+,40-,42+,43+,44-,46-,47+,51-;18-,22-,23-,24+,25+,27-/m11/s1. The number of esters is 1. The molecule has 21 atom stereocenters. The molecule has 0 aromatic heterocycles. The molecule has 0 aromatic carbocycles. The van der Waals surface area contributed by atoms with Gasteiger partial charge in [0.25, 0.3) is 11.7 Å². The number of hydrogen-bond acceptors (Lipinski definition) is 16. The third-order valence-corrected chi connectivity index (χ3v) is 22.9. The van der Waals surface area contributed by atoms with Crippen molar-refractivity contribution in [3.63, 3.8) is 0 Å². The van der Waals surface area contributed by atoms with Crippen LogP contribution < -0.4 is 0 Å². The Morgan fingerprint density at radius 3 is 2.22 bits per heavy atom. The molecule has 3 heterocycles. The summed E-state index contributed by atoms with van der Waals surface area (Å²) in [5.74, 6) is -5.85. The van der Waals surface area contributed by atoms with Crippen LogP contribution in [0, 0.1) is 58.7 Å². The normalized spacial score (nSPS) is 39.9. The van der Waals surface area contributed by atoms with Gasteiger partial charge in [0.05, 0.1) is 42.2 Å². The summed E-state index contributed by atoms with van der Waals surface area (Å²) in [6, 6.07) is -1.14. The van der Waals surface area contributed by atoms with E-state index >= 15 is 0 Å². The summed E-state index contributed by atoms with van der Waals surface area (Å²) in [6.45, 7) is 25.6. The molecule has 0 radical (unpaired) electrons. The minimum absolute atomic E-state index is 0.0193. The Bertz CT molecular complexity index is 2770. The molecule has 17 nitrogen and oxygen atoms in total. The maximum absolute atomic E-state index is 14.4. The highest BCUT2D eigenvalue weighted by atomic mass is 16.6. The number of allylic oxidation sites excluding steroid dienone is 9. The summed E-state index contributed by atoms with van der Waals surface area (Å²) in [5.41, 5.74) is 4.43. The second-order valence-electron chi connectivity index (χ2n) is 30.9. The molecule has 1 amide bonds. The molecular weight excluding hydrogens is 1210 g/mol. The third kappa shape index (κ3) is 21.4. The van der Waals surface area contributed by atoms with Crippen LogP contribution in [-0.2, 0) is 47.7 Å². The topological polar surface area (TPSA) is 256 Å². The minimum atomic E-state index is -2.43. The Morgan fingerprint density at radius 1 is 0.811 bits per heavy atom. The number of amides is 1. The zero-order valence-corrected chi connectivity index (χ0v) is 60.3. The number of aliphatic hydroxyl groups is 6. The van der Waals surface area contributed by atoms with Crippen LogP contribution in [0.25, 0.3) is 0 Å². The molecule has 2 bridgehead atoms. The average Bonchev–Trinajstić information content (AvgIpc) is 1.72. The Balaban J connectivity index is 0.000000394. The maximum atomic E-state index is 14.4. The number of ether oxygens (including phenoxy) is 5. The molecule has 17 heteroatoms. The molecule has 6 N–H and O–H groups in total. The van der Waals surface area contributed by atoms with E-state index in [2.05, 4.69) is 32.6 Å². The van der Waals surface area contributed by atoms with Crippen molar-refractivity contribution >= 4 is 29.2 Å². The zero-order valence-electron chi connectivity index (χ0n) is 60.3. The van der Waals surface area contributed by atoms with E-state index in [0.29, 0.717) is 93.5 Å². The molecule has 95 heavy (non-hydrogen) atoms. The highest BCUT2D eigenvalue weighted by molar-refractivity contribution is 6.39. The van der Waals surface area contributed by atoms with Crippen LogP contribution in [0.4, 0.5) is 0 Å². The molecule has 0 unspecified atom stereocenters. The first-order valence-electron chi connectivity index (χ1n) is 36.1. The molecule has 2 saturated heterocycles. The number of carbonyl (C=O) groups is 5. The predicted molar refractivity (Wildman–Crippen MR) is 369 cm³/mol. The fraction of sp³-hybridized carbons (Fsp3) is 0.756. The highest BCUT2D eigenvalue weighted by Gasteiger charge is 2.54. The van der Waals surface area contributed by atoms with Crippen LogP contribution in [-0.4, -0.2) is 165 Å². The fourth-order valence-electron chi connectivity index (χ4n) is 16.9. The Morgan fingerprint density at radius 2 is 1.54 bits per heavy atom. The number of carbonyl (C=O) groups excluding carboxylic acids is 5. The van der Waals surface area contributed by atoms with Gasteiger partial charge >= 0.3 is 5.97 Å². The van der Waals surface area contributed by atoms with E-state index in [1.54, 1.807) is 46.6 Å². The van der Waals surface area contributed by atoms with Crippen molar-refractivity contribution in [2.75, 3.05) is 27.9 Å². The van der Waals surface area contributed by atoms with Crippen molar-refractivity contribution < 1.29 is 78.3 Å². The van der Waals surface area contributed by atoms with Crippen LogP contribution in [0.15, 0.2) is 83.1 Å². The number of Topliss-reactive ketones (excluding diaryl/α,β-unsaturated/α-hetero) is 3. The molecule has 3 aliphatic heterocycles. The van der Waals surface area contributed by atoms with Gasteiger partial charge in [-0.2, -0.15) is 0 Å². The van der Waals surface area contributed by atoms with Crippen molar-refractivity contribution in [1.82, 2.24) is 4.90 Å². The van der Waals surface area contributed by atoms with Gasteiger partial charge in [-0.05, 0) is 200 Å². The van der Waals surface area contributed by atoms with Gasteiger partial charge in [0.2, 0.25) is 5.79 Å².